The summed E-state index contributed by atoms with van der Waals surface area (Å²) in [6, 6.07) is 19.4. The van der Waals surface area contributed by atoms with E-state index < -0.39 is 0 Å². The summed E-state index contributed by atoms with van der Waals surface area (Å²) in [4.78, 5) is 3.78. The van der Waals surface area contributed by atoms with Crippen LogP contribution in [0.25, 0.3) is 24.3 Å². The Balaban J connectivity index is 1.78. The van der Waals surface area contributed by atoms with Crippen molar-refractivity contribution in [1.29, 1.82) is 0 Å². The Labute approximate surface area is 178 Å². The van der Waals surface area contributed by atoms with Crippen molar-refractivity contribution in [3.8, 4) is 11.5 Å². The molecule has 154 valence electrons. The van der Waals surface area contributed by atoms with E-state index in [0.717, 1.165) is 33.6 Å². The van der Waals surface area contributed by atoms with Gasteiger partial charge in [-0.2, -0.15) is 0 Å². The van der Waals surface area contributed by atoms with Crippen LogP contribution in [0.1, 0.15) is 22.3 Å². The SMILES string of the molecule is CN(C)c1cc(C=Cc2cccc(C=Cc3ccc(O)c(N(C)C)c3)c2)ccc1O. The molecule has 0 radical (unpaired) electrons. The molecule has 0 fully saturated rings. The minimum Gasteiger partial charge on any atom is -0.506 e. The summed E-state index contributed by atoms with van der Waals surface area (Å²) in [7, 11) is 7.64. The van der Waals surface area contributed by atoms with Gasteiger partial charge in [0.2, 0.25) is 0 Å². The molecule has 3 aromatic carbocycles. The normalized spacial score (nSPS) is 11.3. The molecule has 0 saturated carbocycles. The molecule has 30 heavy (non-hydrogen) atoms. The first-order valence-electron chi connectivity index (χ1n) is 9.80. The quantitative estimate of drug-likeness (QED) is 0.531. The van der Waals surface area contributed by atoms with E-state index in [1.54, 1.807) is 12.1 Å². The molecular weight excluding hydrogens is 372 g/mol. The van der Waals surface area contributed by atoms with Crippen LogP contribution in [0.4, 0.5) is 11.4 Å². The minimum atomic E-state index is 0.274. The van der Waals surface area contributed by atoms with Crippen LogP contribution in [0, 0.1) is 0 Å². The Morgan fingerprint density at radius 1 is 0.533 bits per heavy atom. The molecule has 0 aromatic heterocycles. The Morgan fingerprint density at radius 2 is 0.900 bits per heavy atom. The lowest BCUT2D eigenvalue weighted by molar-refractivity contribution is 0.475. The highest BCUT2D eigenvalue weighted by molar-refractivity contribution is 5.77. The van der Waals surface area contributed by atoms with E-state index in [4.69, 9.17) is 0 Å². The van der Waals surface area contributed by atoms with Crippen LogP contribution in [0.5, 0.6) is 11.5 Å². The van der Waals surface area contributed by atoms with Crippen LogP contribution in [0.3, 0.4) is 0 Å². The van der Waals surface area contributed by atoms with Crippen molar-refractivity contribution in [2.45, 2.75) is 0 Å². The molecule has 3 aromatic rings. The van der Waals surface area contributed by atoms with Crippen LogP contribution >= 0.6 is 0 Å². The summed E-state index contributed by atoms with van der Waals surface area (Å²) in [5.74, 6) is 0.548. The molecule has 0 spiro atoms. The predicted molar refractivity (Wildman–Crippen MR) is 129 cm³/mol. The number of phenolic OH excluding ortho intramolecular Hbond substituents is 2. The molecule has 4 nitrogen and oxygen atoms in total. The average molecular weight is 401 g/mol. The lowest BCUT2D eigenvalue weighted by Gasteiger charge is -2.14. The lowest BCUT2D eigenvalue weighted by atomic mass is 10.1. The van der Waals surface area contributed by atoms with Crippen molar-refractivity contribution in [3.63, 3.8) is 0 Å². The molecule has 2 N–H and O–H groups in total. The molecule has 0 unspecified atom stereocenters. The maximum Gasteiger partial charge on any atom is 0.138 e. The van der Waals surface area contributed by atoms with E-state index in [-0.39, 0.29) is 11.5 Å². The fourth-order valence-corrected chi connectivity index (χ4v) is 3.16. The summed E-state index contributed by atoms with van der Waals surface area (Å²) in [6.07, 6.45) is 8.21. The molecule has 0 aliphatic heterocycles. The van der Waals surface area contributed by atoms with E-state index in [1.165, 1.54) is 0 Å². The highest BCUT2D eigenvalue weighted by Crippen LogP contribution is 2.28. The summed E-state index contributed by atoms with van der Waals surface area (Å²) in [5, 5.41) is 19.9. The van der Waals surface area contributed by atoms with E-state index in [0.29, 0.717) is 0 Å². The Hall–Kier alpha value is -3.66. The number of benzene rings is 3. The maximum absolute atomic E-state index is 9.95. The molecule has 0 atom stereocenters. The van der Waals surface area contributed by atoms with Crippen molar-refractivity contribution < 1.29 is 10.2 Å². The van der Waals surface area contributed by atoms with Gasteiger partial charge >= 0.3 is 0 Å². The Morgan fingerprint density at radius 3 is 1.27 bits per heavy atom. The highest BCUT2D eigenvalue weighted by atomic mass is 16.3. The van der Waals surface area contributed by atoms with Gasteiger partial charge in [0.05, 0.1) is 11.4 Å². The van der Waals surface area contributed by atoms with E-state index in [9.17, 15) is 10.2 Å². The van der Waals surface area contributed by atoms with Gasteiger partial charge in [0.25, 0.3) is 0 Å². The second-order valence-corrected chi connectivity index (χ2v) is 7.62. The monoisotopic (exact) mass is 400 g/mol. The van der Waals surface area contributed by atoms with Crippen molar-refractivity contribution in [2.24, 2.45) is 0 Å². The van der Waals surface area contributed by atoms with Crippen LogP contribution in [-0.4, -0.2) is 38.4 Å². The molecule has 0 aliphatic carbocycles. The van der Waals surface area contributed by atoms with Crippen LogP contribution in [0.15, 0.2) is 60.7 Å². The second kappa shape index (κ2) is 9.23. The smallest absolute Gasteiger partial charge is 0.138 e. The molecule has 3 rings (SSSR count). The van der Waals surface area contributed by atoms with Gasteiger partial charge in [0.1, 0.15) is 11.5 Å². The summed E-state index contributed by atoms with van der Waals surface area (Å²) in [5.41, 5.74) is 5.82. The van der Waals surface area contributed by atoms with Gasteiger partial charge in [-0.3, -0.25) is 0 Å². The van der Waals surface area contributed by atoms with Gasteiger partial charge in [0, 0.05) is 28.2 Å². The molecule has 0 heterocycles. The van der Waals surface area contributed by atoms with Crippen LogP contribution in [-0.2, 0) is 0 Å². The van der Waals surface area contributed by atoms with Crippen molar-refractivity contribution in [3.05, 3.63) is 82.9 Å². The number of hydrogen-bond donors (Lipinski definition) is 2. The molecule has 0 aliphatic rings. The van der Waals surface area contributed by atoms with Crippen molar-refractivity contribution >= 4 is 35.7 Å². The Kier molecular flexibility index (Phi) is 6.48. The van der Waals surface area contributed by atoms with Crippen molar-refractivity contribution in [1.82, 2.24) is 0 Å². The topological polar surface area (TPSA) is 46.9 Å². The number of aromatic hydroxyl groups is 2. The van der Waals surface area contributed by atoms with Gasteiger partial charge in [-0.25, -0.2) is 0 Å². The van der Waals surface area contributed by atoms with Gasteiger partial charge in [0.15, 0.2) is 0 Å². The summed E-state index contributed by atoms with van der Waals surface area (Å²) < 4.78 is 0. The fraction of sp³-hybridized carbons (Fsp3) is 0.154. The number of nitrogens with zero attached hydrogens (tertiary/aromatic N) is 2. The largest absolute Gasteiger partial charge is 0.506 e. The summed E-state index contributed by atoms with van der Waals surface area (Å²) in [6.45, 7) is 0. The predicted octanol–water partition coefficient (Wildman–Crippen LogP) is 5.57. The zero-order valence-electron chi connectivity index (χ0n) is 17.9. The first-order valence-corrected chi connectivity index (χ1v) is 9.80. The van der Waals surface area contributed by atoms with E-state index in [2.05, 4.69) is 30.4 Å². The third kappa shape index (κ3) is 5.23. The fourth-order valence-electron chi connectivity index (χ4n) is 3.16. The third-order valence-electron chi connectivity index (χ3n) is 4.81. The lowest BCUT2D eigenvalue weighted by Crippen LogP contribution is -2.08. The molecular formula is C26H28N2O2. The highest BCUT2D eigenvalue weighted by Gasteiger charge is 2.04. The van der Waals surface area contributed by atoms with Crippen LogP contribution in [0.2, 0.25) is 0 Å². The third-order valence-corrected chi connectivity index (χ3v) is 4.81. The standard InChI is InChI=1S/C26H28N2O2/c1-27(2)23-17-21(12-14-25(23)29)10-8-19-6-5-7-20(16-19)9-11-22-13-15-26(30)24(18-22)28(3)4/h5-18,29-30H,1-4H3. The summed E-state index contributed by atoms with van der Waals surface area (Å²) >= 11 is 0. The first-order chi connectivity index (χ1) is 14.3. The maximum atomic E-state index is 9.95. The Bertz CT molecular complexity index is 999. The average Bonchev–Trinajstić information content (AvgIpc) is 2.72. The number of hydrogen-bond acceptors (Lipinski definition) is 4. The first kappa shape index (κ1) is 21.1. The number of anilines is 2. The van der Waals surface area contributed by atoms with E-state index >= 15 is 0 Å². The number of rotatable bonds is 6. The minimum absolute atomic E-state index is 0.274. The second-order valence-electron chi connectivity index (χ2n) is 7.62. The zero-order valence-corrected chi connectivity index (χ0v) is 17.9. The van der Waals surface area contributed by atoms with Crippen molar-refractivity contribution in [2.75, 3.05) is 38.0 Å². The molecule has 0 saturated heterocycles. The molecule has 4 heteroatoms. The van der Waals surface area contributed by atoms with E-state index in [1.807, 2.05) is 80.5 Å². The van der Waals surface area contributed by atoms with Crippen LogP contribution < -0.4 is 9.80 Å². The van der Waals surface area contributed by atoms with Gasteiger partial charge in [-0.1, -0.05) is 54.6 Å². The van der Waals surface area contributed by atoms with Gasteiger partial charge in [-0.15, -0.1) is 0 Å². The van der Waals surface area contributed by atoms with Gasteiger partial charge < -0.3 is 20.0 Å². The molecule has 0 amide bonds. The zero-order chi connectivity index (χ0) is 21.7. The number of phenols is 2. The van der Waals surface area contributed by atoms with Gasteiger partial charge in [-0.05, 0) is 52.6 Å². The molecule has 0 bridgehead atoms.